The summed E-state index contributed by atoms with van der Waals surface area (Å²) in [6.07, 6.45) is 1.46. The van der Waals surface area contributed by atoms with Crippen LogP contribution in [0.25, 0.3) is 5.65 Å². The largest absolute Gasteiger partial charge is 0.322 e. The highest BCUT2D eigenvalue weighted by atomic mass is 35.5. The average Bonchev–Trinajstić information content (AvgIpc) is 2.86. The smallest absolute Gasteiger partial charge is 0.272 e. The van der Waals surface area contributed by atoms with E-state index in [1.807, 2.05) is 6.92 Å². The number of carbonyl (C=O) groups excluding carboxylic acids is 1. The minimum absolute atomic E-state index is 0.260. The minimum Gasteiger partial charge on any atom is -0.322 e. The van der Waals surface area contributed by atoms with Gasteiger partial charge in [0.15, 0.2) is 5.65 Å². The number of H-pyrrole nitrogens is 1. The van der Waals surface area contributed by atoms with Crippen molar-refractivity contribution in [2.45, 2.75) is 13.8 Å². The summed E-state index contributed by atoms with van der Waals surface area (Å²) in [5, 5.41) is 6.13. The van der Waals surface area contributed by atoms with E-state index in [9.17, 15) is 9.59 Å². The van der Waals surface area contributed by atoms with E-state index < -0.39 is 0 Å². The number of nitrogens with zero attached hydrogens (tertiary/aromatic N) is 2. The van der Waals surface area contributed by atoms with Gasteiger partial charge in [-0.3, -0.25) is 14.7 Å². The minimum atomic E-state index is -0.346. The van der Waals surface area contributed by atoms with Crippen LogP contribution < -0.4 is 10.9 Å². The van der Waals surface area contributed by atoms with Gasteiger partial charge in [0.2, 0.25) is 0 Å². The van der Waals surface area contributed by atoms with Crippen LogP contribution in [0.1, 0.15) is 21.6 Å². The summed E-state index contributed by atoms with van der Waals surface area (Å²) in [5.74, 6) is -0.346. The van der Waals surface area contributed by atoms with Crippen LogP contribution in [-0.4, -0.2) is 20.5 Å². The molecule has 0 aliphatic rings. The van der Waals surface area contributed by atoms with E-state index in [0.29, 0.717) is 27.6 Å². The lowest BCUT2D eigenvalue weighted by Gasteiger charge is -2.07. The van der Waals surface area contributed by atoms with Crippen molar-refractivity contribution in [1.29, 1.82) is 0 Å². The van der Waals surface area contributed by atoms with Crippen LogP contribution in [0.5, 0.6) is 0 Å². The van der Waals surface area contributed by atoms with Gasteiger partial charge in [0.25, 0.3) is 11.5 Å². The van der Waals surface area contributed by atoms with Gasteiger partial charge in [0.05, 0.1) is 0 Å². The van der Waals surface area contributed by atoms with E-state index in [0.717, 1.165) is 5.56 Å². The fraction of sp³-hybridized carbons (Fsp3) is 0.133. The Morgan fingerprint density at radius 3 is 2.82 bits per heavy atom. The van der Waals surface area contributed by atoms with Crippen LogP contribution in [-0.2, 0) is 0 Å². The van der Waals surface area contributed by atoms with Gasteiger partial charge in [0, 0.05) is 28.7 Å². The van der Waals surface area contributed by atoms with Crippen molar-refractivity contribution in [3.05, 3.63) is 62.7 Å². The third-order valence-electron chi connectivity index (χ3n) is 3.31. The van der Waals surface area contributed by atoms with Crippen molar-refractivity contribution in [3.8, 4) is 0 Å². The predicted octanol–water partition coefficient (Wildman–Crippen LogP) is 2.55. The molecular weight excluding hydrogens is 304 g/mol. The lowest BCUT2D eigenvalue weighted by molar-refractivity contribution is 0.102. The molecule has 3 aromatic rings. The number of amides is 1. The second kappa shape index (κ2) is 5.31. The monoisotopic (exact) mass is 316 g/mol. The Hall–Kier alpha value is -2.60. The number of halogens is 1. The van der Waals surface area contributed by atoms with Crippen molar-refractivity contribution >= 4 is 28.8 Å². The van der Waals surface area contributed by atoms with Gasteiger partial charge in [0.1, 0.15) is 5.56 Å². The maximum absolute atomic E-state index is 12.4. The number of aromatic amines is 1. The highest BCUT2D eigenvalue weighted by Crippen LogP contribution is 2.20. The first-order chi connectivity index (χ1) is 10.5. The predicted molar refractivity (Wildman–Crippen MR) is 84.7 cm³/mol. The number of nitrogens with one attached hydrogen (secondary N) is 2. The number of fused-ring (bicyclic) bond motifs is 1. The van der Waals surface area contributed by atoms with Crippen molar-refractivity contribution in [1.82, 2.24) is 14.6 Å². The molecule has 0 fully saturated rings. The van der Waals surface area contributed by atoms with E-state index in [2.05, 4.69) is 15.4 Å². The quantitative estimate of drug-likeness (QED) is 0.762. The normalized spacial score (nSPS) is 10.9. The summed E-state index contributed by atoms with van der Waals surface area (Å²) in [4.78, 5) is 28.5. The molecule has 6 nitrogen and oxygen atoms in total. The lowest BCUT2D eigenvalue weighted by Crippen LogP contribution is -2.17. The highest BCUT2D eigenvalue weighted by molar-refractivity contribution is 6.30. The fourth-order valence-corrected chi connectivity index (χ4v) is 2.45. The summed E-state index contributed by atoms with van der Waals surface area (Å²) in [5.41, 5.74) is 2.40. The third-order valence-corrected chi connectivity index (χ3v) is 3.54. The number of hydrogen-bond donors (Lipinski definition) is 2. The molecule has 0 radical (unpaired) electrons. The van der Waals surface area contributed by atoms with E-state index in [1.165, 1.54) is 16.8 Å². The van der Waals surface area contributed by atoms with Gasteiger partial charge in [-0.25, -0.2) is 9.50 Å². The average molecular weight is 317 g/mol. The second-order valence-corrected chi connectivity index (χ2v) is 5.43. The molecule has 0 saturated carbocycles. The SMILES string of the molecule is Cc1cc(=O)n2[nH]cc(C(=O)Nc3ccc(Cl)cc3C)c2n1. The zero-order chi connectivity index (χ0) is 15.9. The summed E-state index contributed by atoms with van der Waals surface area (Å²) in [6, 6.07) is 6.59. The number of rotatable bonds is 2. The molecule has 0 unspecified atom stereocenters. The Morgan fingerprint density at radius 1 is 1.32 bits per heavy atom. The van der Waals surface area contributed by atoms with Crippen molar-refractivity contribution < 1.29 is 4.79 Å². The number of aromatic nitrogens is 3. The van der Waals surface area contributed by atoms with Crippen LogP contribution in [0.2, 0.25) is 5.02 Å². The molecule has 0 bridgehead atoms. The Labute approximate surface area is 130 Å². The highest BCUT2D eigenvalue weighted by Gasteiger charge is 2.15. The molecule has 2 aromatic heterocycles. The first-order valence-electron chi connectivity index (χ1n) is 6.61. The molecule has 7 heteroatoms. The molecule has 0 aliphatic carbocycles. The second-order valence-electron chi connectivity index (χ2n) is 5.00. The Bertz CT molecular complexity index is 942. The molecule has 0 saturated heterocycles. The lowest BCUT2D eigenvalue weighted by atomic mass is 10.2. The van der Waals surface area contributed by atoms with Crippen LogP contribution in [0.3, 0.4) is 0 Å². The van der Waals surface area contributed by atoms with Crippen LogP contribution in [0, 0.1) is 13.8 Å². The fourth-order valence-electron chi connectivity index (χ4n) is 2.22. The molecule has 3 rings (SSSR count). The molecule has 1 amide bonds. The molecule has 0 atom stereocenters. The summed E-state index contributed by atoms with van der Waals surface area (Å²) in [7, 11) is 0. The van der Waals surface area contributed by atoms with Crippen molar-refractivity contribution in [2.24, 2.45) is 0 Å². The van der Waals surface area contributed by atoms with Crippen molar-refractivity contribution in [3.63, 3.8) is 0 Å². The van der Waals surface area contributed by atoms with Gasteiger partial charge in [-0.15, -0.1) is 0 Å². The Morgan fingerprint density at radius 2 is 2.09 bits per heavy atom. The van der Waals surface area contributed by atoms with Gasteiger partial charge < -0.3 is 5.32 Å². The van der Waals surface area contributed by atoms with Crippen LogP contribution >= 0.6 is 11.6 Å². The van der Waals surface area contributed by atoms with E-state index in [4.69, 9.17) is 11.6 Å². The topological polar surface area (TPSA) is 79.3 Å². The zero-order valence-corrected chi connectivity index (χ0v) is 12.7. The van der Waals surface area contributed by atoms with Crippen molar-refractivity contribution in [2.75, 3.05) is 5.32 Å². The molecule has 22 heavy (non-hydrogen) atoms. The zero-order valence-electron chi connectivity index (χ0n) is 12.0. The molecular formula is C15H13ClN4O2. The van der Waals surface area contributed by atoms with E-state index in [1.54, 1.807) is 25.1 Å². The van der Waals surface area contributed by atoms with E-state index >= 15 is 0 Å². The van der Waals surface area contributed by atoms with Gasteiger partial charge in [-0.1, -0.05) is 11.6 Å². The van der Waals surface area contributed by atoms with Crippen LogP contribution in [0.15, 0.2) is 35.3 Å². The first-order valence-corrected chi connectivity index (χ1v) is 6.99. The van der Waals surface area contributed by atoms with Gasteiger partial charge >= 0.3 is 0 Å². The Kier molecular flexibility index (Phi) is 3.46. The van der Waals surface area contributed by atoms with Gasteiger partial charge in [-0.2, -0.15) is 0 Å². The standard InChI is InChI=1S/C15H13ClN4O2/c1-8-5-10(16)3-4-12(8)19-15(22)11-7-17-20-13(21)6-9(2)18-14(11)20/h3-7,17H,1-2H3,(H,19,22). The number of aryl methyl sites for hydroxylation is 2. The maximum atomic E-state index is 12.4. The summed E-state index contributed by atoms with van der Waals surface area (Å²) < 4.78 is 1.23. The number of carbonyl (C=O) groups is 1. The Balaban J connectivity index is 2.01. The van der Waals surface area contributed by atoms with Gasteiger partial charge in [-0.05, 0) is 37.6 Å². The summed E-state index contributed by atoms with van der Waals surface area (Å²) in [6.45, 7) is 3.56. The molecule has 112 valence electrons. The number of hydrogen-bond acceptors (Lipinski definition) is 3. The molecule has 2 heterocycles. The number of benzene rings is 1. The number of anilines is 1. The first kappa shape index (κ1) is 14.3. The van der Waals surface area contributed by atoms with E-state index in [-0.39, 0.29) is 11.5 Å². The maximum Gasteiger partial charge on any atom is 0.272 e. The van der Waals surface area contributed by atoms with Crippen LogP contribution in [0.4, 0.5) is 5.69 Å². The molecule has 1 aromatic carbocycles. The third kappa shape index (κ3) is 2.48. The molecule has 0 aliphatic heterocycles. The molecule has 0 spiro atoms. The molecule has 2 N–H and O–H groups in total. The summed E-state index contributed by atoms with van der Waals surface area (Å²) >= 11 is 5.90.